The van der Waals surface area contributed by atoms with Crippen LogP contribution in [0.15, 0.2) is 30.6 Å². The summed E-state index contributed by atoms with van der Waals surface area (Å²) >= 11 is 0. The molecule has 0 aliphatic rings. The first-order valence-corrected chi connectivity index (χ1v) is 4.04. The van der Waals surface area contributed by atoms with Gasteiger partial charge >= 0.3 is 0 Å². The molecule has 2 heterocycles. The summed E-state index contributed by atoms with van der Waals surface area (Å²) in [6.07, 6.45) is 2.51. The third-order valence-corrected chi connectivity index (χ3v) is 1.99. The van der Waals surface area contributed by atoms with Gasteiger partial charge < -0.3 is 10.2 Å². The van der Waals surface area contributed by atoms with E-state index in [4.69, 9.17) is 5.11 Å². The topological polar surface area (TPSA) is 57.8 Å². The number of pyridine rings is 1. The van der Waals surface area contributed by atoms with Crippen LogP contribution in [0.3, 0.4) is 0 Å². The van der Waals surface area contributed by atoms with Gasteiger partial charge in [-0.05, 0) is 12.1 Å². The first kappa shape index (κ1) is 8.22. The highest BCUT2D eigenvalue weighted by Crippen LogP contribution is 2.17. The smallest absolute Gasteiger partial charge is 0.106 e. The summed E-state index contributed by atoms with van der Waals surface area (Å²) in [6.45, 7) is -0.282. The van der Waals surface area contributed by atoms with E-state index in [-0.39, 0.29) is 6.61 Å². The Morgan fingerprint density at radius 1 is 1.46 bits per heavy atom. The van der Waals surface area contributed by atoms with Crippen LogP contribution in [0.2, 0.25) is 0 Å². The number of rotatable bonds is 2. The van der Waals surface area contributed by atoms with Crippen LogP contribution in [0, 0.1) is 0 Å². The minimum Gasteiger partial charge on any atom is -0.393 e. The molecule has 0 aliphatic heterocycles. The Hall–Kier alpha value is -1.39. The molecule has 0 aliphatic carbocycles. The van der Waals surface area contributed by atoms with Crippen molar-refractivity contribution in [2.45, 2.75) is 6.10 Å². The fourth-order valence-electron chi connectivity index (χ4n) is 1.31. The number of fused-ring (bicyclic) bond motifs is 1. The summed E-state index contributed by atoms with van der Waals surface area (Å²) < 4.78 is 1.66. The average molecular weight is 178 g/mol. The fourth-order valence-corrected chi connectivity index (χ4v) is 1.31. The van der Waals surface area contributed by atoms with E-state index >= 15 is 0 Å². The van der Waals surface area contributed by atoms with Crippen molar-refractivity contribution < 1.29 is 10.2 Å². The van der Waals surface area contributed by atoms with Gasteiger partial charge in [-0.15, -0.1) is 0 Å². The Balaban J connectivity index is 2.57. The van der Waals surface area contributed by atoms with Crippen molar-refractivity contribution >= 4 is 5.52 Å². The molecule has 0 spiro atoms. The second kappa shape index (κ2) is 3.16. The second-order valence-electron chi connectivity index (χ2n) is 2.83. The van der Waals surface area contributed by atoms with E-state index in [1.54, 1.807) is 16.9 Å². The van der Waals surface area contributed by atoms with Crippen molar-refractivity contribution in [3.63, 3.8) is 0 Å². The molecular formula is C9H10N2O2. The van der Waals surface area contributed by atoms with E-state index in [2.05, 4.69) is 5.10 Å². The average Bonchev–Trinajstić information content (AvgIpc) is 2.60. The fraction of sp³-hybridized carbons (Fsp3) is 0.222. The van der Waals surface area contributed by atoms with Gasteiger partial charge in [-0.3, -0.25) is 0 Å². The van der Waals surface area contributed by atoms with Crippen LogP contribution in [-0.4, -0.2) is 26.4 Å². The van der Waals surface area contributed by atoms with Gasteiger partial charge in [0.15, 0.2) is 0 Å². The highest BCUT2D eigenvalue weighted by molar-refractivity contribution is 5.54. The van der Waals surface area contributed by atoms with Gasteiger partial charge in [0, 0.05) is 11.8 Å². The molecule has 2 N–H and O–H groups in total. The first-order valence-electron chi connectivity index (χ1n) is 4.04. The molecule has 1 atom stereocenters. The molecule has 2 rings (SSSR count). The molecule has 2 aromatic heterocycles. The van der Waals surface area contributed by atoms with Gasteiger partial charge in [0.2, 0.25) is 0 Å². The summed E-state index contributed by atoms with van der Waals surface area (Å²) in [7, 11) is 0. The zero-order chi connectivity index (χ0) is 9.26. The highest BCUT2D eigenvalue weighted by atomic mass is 16.3. The largest absolute Gasteiger partial charge is 0.393 e. The van der Waals surface area contributed by atoms with Crippen molar-refractivity contribution in [3.05, 3.63) is 36.2 Å². The zero-order valence-corrected chi connectivity index (χ0v) is 6.96. The van der Waals surface area contributed by atoms with Crippen LogP contribution >= 0.6 is 0 Å². The predicted molar refractivity (Wildman–Crippen MR) is 47.2 cm³/mol. The zero-order valence-electron chi connectivity index (χ0n) is 6.96. The minimum absolute atomic E-state index is 0.282. The van der Waals surface area contributed by atoms with Gasteiger partial charge in [-0.1, -0.05) is 6.07 Å². The van der Waals surface area contributed by atoms with E-state index in [9.17, 15) is 5.11 Å². The normalized spacial score (nSPS) is 13.4. The van der Waals surface area contributed by atoms with Gasteiger partial charge in [0.05, 0.1) is 18.3 Å². The molecule has 2 aromatic rings. The van der Waals surface area contributed by atoms with Gasteiger partial charge in [0.25, 0.3) is 0 Å². The van der Waals surface area contributed by atoms with Crippen molar-refractivity contribution in [1.82, 2.24) is 9.61 Å². The van der Waals surface area contributed by atoms with Crippen LogP contribution in [0.25, 0.3) is 5.52 Å². The Bertz CT molecular complexity index is 411. The van der Waals surface area contributed by atoms with E-state index in [0.717, 1.165) is 5.52 Å². The number of hydrogen-bond donors (Lipinski definition) is 2. The summed E-state index contributed by atoms with van der Waals surface area (Å²) in [6, 6.07) is 5.57. The van der Waals surface area contributed by atoms with E-state index < -0.39 is 6.10 Å². The Labute approximate surface area is 75.1 Å². The van der Waals surface area contributed by atoms with Gasteiger partial charge in [-0.25, -0.2) is 4.52 Å². The summed E-state index contributed by atoms with van der Waals surface area (Å²) in [4.78, 5) is 0. The molecule has 68 valence electrons. The maximum Gasteiger partial charge on any atom is 0.106 e. The lowest BCUT2D eigenvalue weighted by Gasteiger charge is -2.03. The van der Waals surface area contributed by atoms with E-state index in [1.807, 2.05) is 18.2 Å². The molecule has 0 fully saturated rings. The summed E-state index contributed by atoms with van der Waals surface area (Å²) in [5, 5.41) is 22.2. The molecule has 0 aromatic carbocycles. The molecule has 0 radical (unpaired) electrons. The number of aliphatic hydroxyl groups excluding tert-OH is 2. The molecule has 0 bridgehead atoms. The lowest BCUT2D eigenvalue weighted by atomic mass is 10.2. The van der Waals surface area contributed by atoms with Crippen molar-refractivity contribution in [3.8, 4) is 0 Å². The Kier molecular flexibility index (Phi) is 2.00. The quantitative estimate of drug-likeness (QED) is 0.698. The molecule has 0 saturated heterocycles. The standard InChI is InChI=1S/C9H10N2O2/c12-6-9(13)7-5-10-11-4-2-1-3-8(7)11/h1-5,9,12-13H,6H2. The summed E-state index contributed by atoms with van der Waals surface area (Å²) in [5.74, 6) is 0. The Morgan fingerprint density at radius 3 is 3.08 bits per heavy atom. The van der Waals surface area contributed by atoms with Crippen molar-refractivity contribution in [1.29, 1.82) is 0 Å². The molecule has 0 amide bonds. The highest BCUT2D eigenvalue weighted by Gasteiger charge is 2.11. The minimum atomic E-state index is -0.847. The molecule has 0 saturated carbocycles. The van der Waals surface area contributed by atoms with Crippen molar-refractivity contribution in [2.75, 3.05) is 6.61 Å². The predicted octanol–water partition coefficient (Wildman–Crippen LogP) is 0.360. The number of aliphatic hydroxyl groups is 2. The summed E-state index contributed by atoms with van der Waals surface area (Å²) in [5.41, 5.74) is 1.48. The van der Waals surface area contributed by atoms with Crippen LogP contribution in [-0.2, 0) is 0 Å². The maximum absolute atomic E-state index is 9.41. The second-order valence-corrected chi connectivity index (χ2v) is 2.83. The Morgan fingerprint density at radius 2 is 2.31 bits per heavy atom. The first-order chi connectivity index (χ1) is 6.33. The molecule has 4 heteroatoms. The molecule has 13 heavy (non-hydrogen) atoms. The van der Waals surface area contributed by atoms with Crippen LogP contribution in [0.5, 0.6) is 0 Å². The molecule has 1 unspecified atom stereocenters. The third kappa shape index (κ3) is 1.30. The SMILES string of the molecule is OCC(O)c1cnn2ccccc12. The monoisotopic (exact) mass is 178 g/mol. The van der Waals surface area contributed by atoms with Gasteiger partial charge in [-0.2, -0.15) is 5.10 Å². The van der Waals surface area contributed by atoms with Gasteiger partial charge in [0.1, 0.15) is 6.10 Å². The lowest BCUT2D eigenvalue weighted by molar-refractivity contribution is 0.0967. The third-order valence-electron chi connectivity index (χ3n) is 1.99. The van der Waals surface area contributed by atoms with E-state index in [1.165, 1.54) is 0 Å². The molecular weight excluding hydrogens is 168 g/mol. The van der Waals surface area contributed by atoms with Crippen LogP contribution < -0.4 is 0 Å². The molecule has 4 nitrogen and oxygen atoms in total. The van der Waals surface area contributed by atoms with Crippen LogP contribution in [0.4, 0.5) is 0 Å². The number of hydrogen-bond acceptors (Lipinski definition) is 3. The van der Waals surface area contributed by atoms with Crippen molar-refractivity contribution in [2.24, 2.45) is 0 Å². The maximum atomic E-state index is 9.41. The number of aromatic nitrogens is 2. The van der Waals surface area contributed by atoms with Crippen LogP contribution in [0.1, 0.15) is 11.7 Å². The lowest BCUT2D eigenvalue weighted by Crippen LogP contribution is -2.01. The van der Waals surface area contributed by atoms with E-state index in [0.29, 0.717) is 5.56 Å². The number of nitrogens with zero attached hydrogens (tertiary/aromatic N) is 2.